The third-order valence-corrected chi connectivity index (χ3v) is 4.19. The summed E-state index contributed by atoms with van der Waals surface area (Å²) < 4.78 is 10.4. The Morgan fingerprint density at radius 3 is 2.67 bits per heavy atom. The fraction of sp³-hybridized carbons (Fsp3) is 0.562. The van der Waals surface area contributed by atoms with Crippen LogP contribution in [0.3, 0.4) is 0 Å². The average Bonchev–Trinajstić information content (AvgIpc) is 2.87. The molecular weight excluding hydrogens is 270 g/mol. The molecule has 1 aromatic rings. The number of hydrogen-bond acceptors (Lipinski definition) is 4. The van der Waals surface area contributed by atoms with Crippen LogP contribution in [-0.2, 0) is 11.2 Å². The lowest BCUT2D eigenvalue weighted by atomic mass is 10.0. The van der Waals surface area contributed by atoms with Crippen molar-refractivity contribution in [1.82, 2.24) is 4.90 Å². The molecule has 1 amide bonds. The molecule has 5 heteroatoms. The summed E-state index contributed by atoms with van der Waals surface area (Å²) in [6.07, 6.45) is 1.26. The number of hydrogen-bond donors (Lipinski definition) is 1. The fourth-order valence-electron chi connectivity index (χ4n) is 2.86. The van der Waals surface area contributed by atoms with E-state index < -0.39 is 0 Å². The van der Waals surface area contributed by atoms with Crippen LogP contribution in [0.1, 0.15) is 18.9 Å². The Hall–Kier alpha value is -1.75. The molecule has 1 aromatic carbocycles. The quantitative estimate of drug-likeness (QED) is 0.893. The summed E-state index contributed by atoms with van der Waals surface area (Å²) in [6, 6.07) is 5.44. The molecule has 0 spiro atoms. The van der Waals surface area contributed by atoms with Gasteiger partial charge in [0.1, 0.15) is 0 Å². The zero-order chi connectivity index (χ0) is 15.4. The van der Waals surface area contributed by atoms with Gasteiger partial charge in [0.2, 0.25) is 5.91 Å². The molecule has 1 aliphatic rings. The Labute approximate surface area is 125 Å². The van der Waals surface area contributed by atoms with Crippen molar-refractivity contribution in [3.8, 4) is 11.5 Å². The lowest BCUT2D eigenvalue weighted by molar-refractivity contribution is -0.132. The highest BCUT2D eigenvalue weighted by Crippen LogP contribution is 2.29. The summed E-state index contributed by atoms with van der Waals surface area (Å²) in [7, 11) is 3.16. The topological polar surface area (TPSA) is 59.0 Å². The molecule has 5 nitrogen and oxygen atoms in total. The van der Waals surface area contributed by atoms with E-state index in [1.165, 1.54) is 0 Å². The number of carbonyl (C=O) groups excluding carboxylic acids is 1. The van der Waals surface area contributed by atoms with Crippen molar-refractivity contribution < 1.29 is 19.4 Å². The monoisotopic (exact) mass is 293 g/mol. The molecule has 0 aromatic heterocycles. The zero-order valence-corrected chi connectivity index (χ0v) is 12.8. The van der Waals surface area contributed by atoms with Gasteiger partial charge in [0, 0.05) is 6.54 Å². The van der Waals surface area contributed by atoms with Gasteiger partial charge in [0.05, 0.1) is 33.3 Å². The van der Waals surface area contributed by atoms with E-state index in [1.54, 1.807) is 25.2 Å². The fourth-order valence-corrected chi connectivity index (χ4v) is 2.86. The lowest BCUT2D eigenvalue weighted by Crippen LogP contribution is -2.40. The van der Waals surface area contributed by atoms with E-state index in [0.29, 0.717) is 23.8 Å². The molecule has 1 fully saturated rings. The van der Waals surface area contributed by atoms with Gasteiger partial charge in [0.15, 0.2) is 11.5 Å². The predicted molar refractivity (Wildman–Crippen MR) is 79.6 cm³/mol. The Balaban J connectivity index is 2.09. The first kappa shape index (κ1) is 15.6. The van der Waals surface area contributed by atoms with Crippen molar-refractivity contribution in [1.29, 1.82) is 0 Å². The second-order valence-corrected chi connectivity index (χ2v) is 5.47. The first-order chi connectivity index (χ1) is 10.1. The molecule has 1 aliphatic heterocycles. The molecule has 0 saturated carbocycles. The van der Waals surface area contributed by atoms with Gasteiger partial charge >= 0.3 is 0 Å². The Morgan fingerprint density at radius 2 is 2.05 bits per heavy atom. The Morgan fingerprint density at radius 1 is 1.33 bits per heavy atom. The minimum Gasteiger partial charge on any atom is -0.493 e. The molecule has 1 heterocycles. The number of nitrogens with zero attached hydrogens (tertiary/aromatic N) is 1. The highest BCUT2D eigenvalue weighted by atomic mass is 16.5. The van der Waals surface area contributed by atoms with Gasteiger partial charge in [-0.2, -0.15) is 0 Å². The molecule has 0 radical (unpaired) electrons. The second kappa shape index (κ2) is 6.80. The van der Waals surface area contributed by atoms with Crippen LogP contribution in [0.2, 0.25) is 0 Å². The van der Waals surface area contributed by atoms with E-state index in [-0.39, 0.29) is 18.6 Å². The van der Waals surface area contributed by atoms with Crippen molar-refractivity contribution >= 4 is 5.91 Å². The van der Waals surface area contributed by atoms with Gasteiger partial charge in [-0.25, -0.2) is 0 Å². The molecule has 0 aliphatic carbocycles. The van der Waals surface area contributed by atoms with Crippen LogP contribution in [0.25, 0.3) is 0 Å². The van der Waals surface area contributed by atoms with Gasteiger partial charge in [-0.1, -0.05) is 13.0 Å². The number of benzene rings is 1. The largest absolute Gasteiger partial charge is 0.493 e. The maximum Gasteiger partial charge on any atom is 0.227 e. The van der Waals surface area contributed by atoms with Crippen LogP contribution in [0.5, 0.6) is 11.5 Å². The molecule has 2 unspecified atom stereocenters. The maximum atomic E-state index is 12.4. The predicted octanol–water partition coefficient (Wildman–Crippen LogP) is 1.48. The first-order valence-corrected chi connectivity index (χ1v) is 7.22. The summed E-state index contributed by atoms with van der Waals surface area (Å²) in [5, 5.41) is 9.44. The number of carbonyl (C=O) groups is 1. The van der Waals surface area contributed by atoms with Gasteiger partial charge in [-0.15, -0.1) is 0 Å². The lowest BCUT2D eigenvalue weighted by Gasteiger charge is -2.25. The van der Waals surface area contributed by atoms with E-state index in [9.17, 15) is 9.90 Å². The molecule has 1 saturated heterocycles. The third-order valence-electron chi connectivity index (χ3n) is 4.19. The van der Waals surface area contributed by atoms with Crippen LogP contribution in [0.15, 0.2) is 18.2 Å². The highest BCUT2D eigenvalue weighted by molar-refractivity contribution is 5.79. The highest BCUT2D eigenvalue weighted by Gasteiger charge is 2.33. The molecule has 2 rings (SSSR count). The van der Waals surface area contributed by atoms with E-state index in [0.717, 1.165) is 18.5 Å². The molecular formula is C16H23NO4. The molecule has 116 valence electrons. The SMILES string of the molecule is COc1ccc(CC(=O)N2CCC(C)C2CO)cc1OC. The first-order valence-electron chi connectivity index (χ1n) is 7.22. The van der Waals surface area contributed by atoms with Crippen LogP contribution in [0, 0.1) is 5.92 Å². The van der Waals surface area contributed by atoms with Crippen molar-refractivity contribution in [2.45, 2.75) is 25.8 Å². The zero-order valence-electron chi connectivity index (χ0n) is 12.8. The molecule has 2 atom stereocenters. The number of rotatable bonds is 5. The Kier molecular flexibility index (Phi) is 5.07. The number of ether oxygens (including phenoxy) is 2. The van der Waals surface area contributed by atoms with Crippen LogP contribution in [0.4, 0.5) is 0 Å². The summed E-state index contributed by atoms with van der Waals surface area (Å²) >= 11 is 0. The minimum absolute atomic E-state index is 0.0266. The number of aliphatic hydroxyl groups excluding tert-OH is 1. The number of methoxy groups -OCH3 is 2. The van der Waals surface area contributed by atoms with Crippen LogP contribution < -0.4 is 9.47 Å². The number of likely N-dealkylation sites (tertiary alicyclic amines) is 1. The van der Waals surface area contributed by atoms with Crippen LogP contribution in [-0.4, -0.2) is 49.3 Å². The van der Waals surface area contributed by atoms with Gasteiger partial charge in [-0.3, -0.25) is 4.79 Å². The van der Waals surface area contributed by atoms with E-state index in [1.807, 2.05) is 12.1 Å². The van der Waals surface area contributed by atoms with Crippen molar-refractivity contribution in [2.75, 3.05) is 27.4 Å². The minimum atomic E-state index is -0.0577. The van der Waals surface area contributed by atoms with Crippen molar-refractivity contribution in [2.24, 2.45) is 5.92 Å². The van der Waals surface area contributed by atoms with Crippen molar-refractivity contribution in [3.63, 3.8) is 0 Å². The summed E-state index contributed by atoms with van der Waals surface area (Å²) in [4.78, 5) is 14.2. The van der Waals surface area contributed by atoms with Crippen LogP contribution >= 0.6 is 0 Å². The number of amides is 1. The summed E-state index contributed by atoms with van der Waals surface area (Å²) in [6.45, 7) is 2.82. The normalized spacial score (nSPS) is 21.4. The summed E-state index contributed by atoms with van der Waals surface area (Å²) in [5.41, 5.74) is 0.883. The Bertz CT molecular complexity index is 503. The smallest absolute Gasteiger partial charge is 0.227 e. The standard InChI is InChI=1S/C16H23NO4/c1-11-6-7-17(13(11)10-18)16(19)9-12-4-5-14(20-2)15(8-12)21-3/h4-5,8,11,13,18H,6-7,9-10H2,1-3H3. The van der Waals surface area contributed by atoms with E-state index >= 15 is 0 Å². The average molecular weight is 293 g/mol. The van der Waals surface area contributed by atoms with Gasteiger partial charge in [0.25, 0.3) is 0 Å². The maximum absolute atomic E-state index is 12.4. The molecule has 21 heavy (non-hydrogen) atoms. The summed E-state index contributed by atoms with van der Waals surface area (Å²) in [5.74, 6) is 1.67. The van der Waals surface area contributed by atoms with E-state index in [2.05, 4.69) is 6.92 Å². The van der Waals surface area contributed by atoms with Crippen molar-refractivity contribution in [3.05, 3.63) is 23.8 Å². The molecule has 0 bridgehead atoms. The third kappa shape index (κ3) is 3.29. The number of aliphatic hydroxyl groups is 1. The van der Waals surface area contributed by atoms with Gasteiger partial charge in [-0.05, 0) is 30.0 Å². The van der Waals surface area contributed by atoms with Gasteiger partial charge < -0.3 is 19.5 Å². The second-order valence-electron chi connectivity index (χ2n) is 5.47. The molecule has 1 N–H and O–H groups in total. The van der Waals surface area contributed by atoms with E-state index in [4.69, 9.17) is 9.47 Å².